The summed E-state index contributed by atoms with van der Waals surface area (Å²) in [4.78, 5) is 91.5. The maximum Gasteiger partial charge on any atom is 0.310 e. The van der Waals surface area contributed by atoms with Crippen LogP contribution in [0.25, 0.3) is 11.1 Å². The van der Waals surface area contributed by atoms with Crippen LogP contribution in [0.4, 0.5) is 0 Å². The second-order valence-electron chi connectivity index (χ2n) is 16.9. The summed E-state index contributed by atoms with van der Waals surface area (Å²) in [6.45, 7) is 8.35. The van der Waals surface area contributed by atoms with Crippen LogP contribution in [-0.2, 0) is 49.5 Å². The Balaban J connectivity index is 1.16. The van der Waals surface area contributed by atoms with E-state index in [9.17, 15) is 33.6 Å². The van der Waals surface area contributed by atoms with Gasteiger partial charge in [0.1, 0.15) is 18.0 Å². The second kappa shape index (κ2) is 19.8. The van der Waals surface area contributed by atoms with Gasteiger partial charge < -0.3 is 24.9 Å². The van der Waals surface area contributed by atoms with Crippen LogP contribution >= 0.6 is 0 Å². The Bertz CT molecular complexity index is 1940. The van der Waals surface area contributed by atoms with Gasteiger partial charge in [-0.2, -0.15) is 0 Å². The molecule has 3 aromatic carbocycles. The SMILES string of the molecule is CC(=O)CC1CC(C)CC(NC(=O)C(CC(=O)CNC(=O)CCC(CC(=O)OCC2c3ccccc3-c3ccccc32)C(=O)OC(C)(C)C)Cc2ccccc2)C1=O. The minimum absolute atomic E-state index is 0.0172. The zero-order valence-corrected chi connectivity index (χ0v) is 34.2. The number of carbonyl (C=O) groups is 7. The van der Waals surface area contributed by atoms with Gasteiger partial charge in [-0.25, -0.2) is 0 Å². The predicted octanol–water partition coefficient (Wildman–Crippen LogP) is 6.48. The van der Waals surface area contributed by atoms with E-state index in [4.69, 9.17) is 9.47 Å². The van der Waals surface area contributed by atoms with Gasteiger partial charge in [-0.1, -0.05) is 85.8 Å². The third kappa shape index (κ3) is 12.3. The molecule has 11 nitrogen and oxygen atoms in total. The van der Waals surface area contributed by atoms with Crippen molar-refractivity contribution >= 4 is 41.1 Å². The van der Waals surface area contributed by atoms with Crippen molar-refractivity contribution in [1.82, 2.24) is 10.6 Å². The van der Waals surface area contributed by atoms with E-state index in [1.807, 2.05) is 85.8 Å². The molecule has 0 heterocycles. The molecule has 2 aliphatic rings. The minimum atomic E-state index is -0.962. The number of benzene rings is 3. The summed E-state index contributed by atoms with van der Waals surface area (Å²) in [7, 11) is 0. The molecule has 5 rings (SSSR count). The van der Waals surface area contributed by atoms with E-state index in [0.29, 0.717) is 12.8 Å². The van der Waals surface area contributed by atoms with E-state index in [1.54, 1.807) is 20.8 Å². The molecule has 2 amide bonds. The lowest BCUT2D eigenvalue weighted by Crippen LogP contribution is -2.50. The van der Waals surface area contributed by atoms with E-state index in [1.165, 1.54) is 6.92 Å². The molecular formula is C47H56N2O9. The molecule has 0 aliphatic heterocycles. The maximum absolute atomic E-state index is 13.7. The second-order valence-corrected chi connectivity index (χ2v) is 16.9. The number of esters is 2. The third-order valence-corrected chi connectivity index (χ3v) is 10.8. The van der Waals surface area contributed by atoms with Crippen LogP contribution in [0, 0.1) is 23.7 Å². The highest BCUT2D eigenvalue weighted by molar-refractivity contribution is 5.96. The van der Waals surface area contributed by atoms with Crippen LogP contribution < -0.4 is 10.6 Å². The van der Waals surface area contributed by atoms with Crippen LogP contribution in [0.15, 0.2) is 78.9 Å². The minimum Gasteiger partial charge on any atom is -0.465 e. The number of Topliss-reactive ketones (excluding diaryl/α,β-unsaturated/α-hetero) is 3. The largest absolute Gasteiger partial charge is 0.465 e. The molecule has 58 heavy (non-hydrogen) atoms. The molecular weight excluding hydrogens is 737 g/mol. The molecule has 1 saturated carbocycles. The first-order chi connectivity index (χ1) is 27.6. The molecule has 0 aromatic heterocycles. The van der Waals surface area contributed by atoms with Crippen molar-refractivity contribution in [2.45, 2.75) is 104 Å². The highest BCUT2D eigenvalue weighted by Gasteiger charge is 2.37. The Morgan fingerprint density at radius 2 is 1.43 bits per heavy atom. The number of ketones is 3. The van der Waals surface area contributed by atoms with E-state index in [0.717, 1.165) is 27.8 Å². The maximum atomic E-state index is 13.7. The fourth-order valence-electron chi connectivity index (χ4n) is 8.11. The van der Waals surface area contributed by atoms with Crippen LogP contribution in [0.2, 0.25) is 0 Å². The monoisotopic (exact) mass is 792 g/mol. The van der Waals surface area contributed by atoms with Crippen molar-refractivity contribution in [3.8, 4) is 11.1 Å². The molecule has 308 valence electrons. The van der Waals surface area contributed by atoms with E-state index >= 15 is 0 Å². The highest BCUT2D eigenvalue weighted by atomic mass is 16.6. The van der Waals surface area contributed by atoms with Crippen LogP contribution in [0.5, 0.6) is 0 Å². The number of hydrogen-bond acceptors (Lipinski definition) is 9. The van der Waals surface area contributed by atoms with Gasteiger partial charge in [0.25, 0.3) is 0 Å². The Labute approximate surface area is 341 Å². The molecule has 0 saturated heterocycles. The average Bonchev–Trinajstić information content (AvgIpc) is 3.49. The van der Waals surface area contributed by atoms with Gasteiger partial charge in [-0.3, -0.25) is 28.8 Å². The topological polar surface area (TPSA) is 162 Å². The Morgan fingerprint density at radius 1 is 0.810 bits per heavy atom. The lowest BCUT2D eigenvalue weighted by Gasteiger charge is -2.33. The number of fused-ring (bicyclic) bond motifs is 3. The van der Waals surface area contributed by atoms with E-state index in [-0.39, 0.29) is 80.9 Å². The molecule has 5 unspecified atom stereocenters. The summed E-state index contributed by atoms with van der Waals surface area (Å²) in [5.41, 5.74) is 4.32. The van der Waals surface area contributed by atoms with Gasteiger partial charge in [0.15, 0.2) is 11.6 Å². The first-order valence-corrected chi connectivity index (χ1v) is 20.3. The lowest BCUT2D eigenvalue weighted by molar-refractivity contribution is -0.164. The van der Waals surface area contributed by atoms with Gasteiger partial charge in [0.05, 0.1) is 24.9 Å². The van der Waals surface area contributed by atoms with Crippen molar-refractivity contribution < 1.29 is 43.0 Å². The fraction of sp³-hybridized carbons (Fsp3) is 0.468. The summed E-state index contributed by atoms with van der Waals surface area (Å²) in [5, 5.41) is 5.49. The molecule has 5 atom stereocenters. The zero-order valence-electron chi connectivity index (χ0n) is 34.2. The summed E-state index contributed by atoms with van der Waals surface area (Å²) >= 11 is 0. The molecule has 0 bridgehead atoms. The van der Waals surface area contributed by atoms with Crippen molar-refractivity contribution in [3.05, 3.63) is 95.6 Å². The van der Waals surface area contributed by atoms with Gasteiger partial charge in [0.2, 0.25) is 11.8 Å². The molecule has 2 N–H and O–H groups in total. The normalized spacial score (nSPS) is 18.6. The molecule has 1 fully saturated rings. The Morgan fingerprint density at radius 3 is 2.05 bits per heavy atom. The standard InChI is InChI=1S/C47H56N2O9/c1-29-21-33(23-30(2)50)44(54)41(22-29)49-45(55)34(24-31-13-7-6-8-14-31)25-35(51)27-48-42(52)20-19-32(46(56)58-47(3,4)5)26-43(53)57-28-40-38-17-11-9-15-36(38)37-16-10-12-18-39(37)40/h6-18,29,32-34,40-41H,19-28H2,1-5H3,(H,48,52)(H,49,55). The van der Waals surface area contributed by atoms with E-state index < -0.39 is 53.1 Å². The Kier molecular flexibility index (Phi) is 14.9. The van der Waals surface area contributed by atoms with E-state index in [2.05, 4.69) is 10.6 Å². The van der Waals surface area contributed by atoms with Crippen molar-refractivity contribution in [3.63, 3.8) is 0 Å². The number of carbonyl (C=O) groups excluding carboxylic acids is 7. The average molecular weight is 793 g/mol. The molecule has 11 heteroatoms. The van der Waals surface area contributed by atoms with Crippen LogP contribution in [0.1, 0.15) is 102 Å². The fourth-order valence-corrected chi connectivity index (χ4v) is 8.11. The summed E-state index contributed by atoms with van der Waals surface area (Å²) in [6.07, 6.45) is 0.767. The van der Waals surface area contributed by atoms with Crippen LogP contribution in [0.3, 0.4) is 0 Å². The smallest absolute Gasteiger partial charge is 0.310 e. The first kappa shape index (κ1) is 43.7. The predicted molar refractivity (Wildman–Crippen MR) is 218 cm³/mol. The van der Waals surface area contributed by atoms with Crippen molar-refractivity contribution in [1.29, 1.82) is 0 Å². The lowest BCUT2D eigenvalue weighted by atomic mass is 9.76. The van der Waals surface area contributed by atoms with Crippen molar-refractivity contribution in [2.24, 2.45) is 23.7 Å². The third-order valence-electron chi connectivity index (χ3n) is 10.8. The molecule has 3 aromatic rings. The number of hydrogen-bond donors (Lipinski definition) is 2. The first-order valence-electron chi connectivity index (χ1n) is 20.3. The number of ether oxygens (including phenoxy) is 2. The van der Waals surface area contributed by atoms with Crippen LogP contribution in [-0.4, -0.2) is 65.9 Å². The van der Waals surface area contributed by atoms with Gasteiger partial charge >= 0.3 is 11.9 Å². The zero-order chi connectivity index (χ0) is 42.0. The summed E-state index contributed by atoms with van der Waals surface area (Å²) in [5.74, 6) is -5.03. The highest BCUT2D eigenvalue weighted by Crippen LogP contribution is 2.44. The van der Waals surface area contributed by atoms with Gasteiger partial charge in [-0.15, -0.1) is 0 Å². The summed E-state index contributed by atoms with van der Waals surface area (Å²) < 4.78 is 11.4. The van der Waals surface area contributed by atoms with Crippen molar-refractivity contribution in [2.75, 3.05) is 13.2 Å². The number of rotatable bonds is 18. The molecule has 0 radical (unpaired) electrons. The quantitative estimate of drug-likeness (QED) is 0.137. The van der Waals surface area contributed by atoms with Gasteiger partial charge in [0, 0.05) is 37.0 Å². The Hall–Kier alpha value is -5.45. The molecule has 0 spiro atoms. The summed E-state index contributed by atoms with van der Waals surface area (Å²) in [6, 6.07) is 24.5. The number of amides is 2. The molecule has 2 aliphatic carbocycles. The van der Waals surface area contributed by atoms with Gasteiger partial charge in [-0.05, 0) is 87.1 Å². The number of nitrogens with one attached hydrogen (secondary N) is 2.